The van der Waals surface area contributed by atoms with Crippen LogP contribution in [0.5, 0.6) is 0 Å². The largest absolute Gasteiger partial charge is 0.379 e. The molecular formula is C15H32N2O. The second-order valence-corrected chi connectivity index (χ2v) is 6.30. The Morgan fingerprint density at radius 2 is 2.06 bits per heavy atom. The van der Waals surface area contributed by atoms with Crippen LogP contribution in [0.25, 0.3) is 0 Å². The van der Waals surface area contributed by atoms with Gasteiger partial charge in [0.2, 0.25) is 0 Å². The Bertz CT molecular complexity index is 231. The average molecular weight is 256 g/mol. The number of likely N-dealkylation sites (tertiary alicyclic amines) is 1. The predicted molar refractivity (Wildman–Crippen MR) is 77.8 cm³/mol. The van der Waals surface area contributed by atoms with E-state index in [4.69, 9.17) is 10.5 Å². The third-order valence-corrected chi connectivity index (χ3v) is 4.53. The van der Waals surface area contributed by atoms with Gasteiger partial charge in [0.25, 0.3) is 0 Å². The van der Waals surface area contributed by atoms with Gasteiger partial charge in [-0.1, -0.05) is 13.3 Å². The number of hydrogen-bond donors (Lipinski definition) is 1. The van der Waals surface area contributed by atoms with Gasteiger partial charge in [0, 0.05) is 19.7 Å². The minimum Gasteiger partial charge on any atom is -0.379 e. The molecule has 2 atom stereocenters. The van der Waals surface area contributed by atoms with Crippen LogP contribution >= 0.6 is 0 Å². The minimum absolute atomic E-state index is 0.0689. The van der Waals surface area contributed by atoms with Gasteiger partial charge in [0.15, 0.2) is 0 Å². The number of nitrogens with two attached hydrogens (primary N) is 1. The monoisotopic (exact) mass is 256 g/mol. The van der Waals surface area contributed by atoms with Gasteiger partial charge in [-0.15, -0.1) is 0 Å². The Kier molecular flexibility index (Phi) is 6.61. The lowest BCUT2D eigenvalue weighted by Gasteiger charge is -2.35. The summed E-state index contributed by atoms with van der Waals surface area (Å²) in [5, 5.41) is 0. The highest BCUT2D eigenvalue weighted by Gasteiger charge is 2.27. The Balaban J connectivity index is 2.54. The van der Waals surface area contributed by atoms with Crippen molar-refractivity contribution in [2.45, 2.75) is 64.5 Å². The van der Waals surface area contributed by atoms with Crippen LogP contribution in [0.1, 0.15) is 52.9 Å². The van der Waals surface area contributed by atoms with E-state index in [2.05, 4.69) is 25.7 Å². The lowest BCUT2D eigenvalue weighted by molar-refractivity contribution is -0.00736. The molecule has 3 heteroatoms. The molecule has 1 heterocycles. The normalized spacial score (nSPS) is 24.8. The Morgan fingerprint density at radius 3 is 2.61 bits per heavy atom. The molecule has 0 amide bonds. The van der Waals surface area contributed by atoms with Crippen molar-refractivity contribution in [3.63, 3.8) is 0 Å². The third-order valence-electron chi connectivity index (χ3n) is 4.53. The molecule has 1 aliphatic heterocycles. The minimum atomic E-state index is -0.0689. The summed E-state index contributed by atoms with van der Waals surface area (Å²) in [5.41, 5.74) is 5.92. The third kappa shape index (κ3) is 4.87. The second-order valence-electron chi connectivity index (χ2n) is 6.30. The Hall–Kier alpha value is -0.120. The van der Waals surface area contributed by atoms with Crippen molar-refractivity contribution in [3.05, 3.63) is 0 Å². The number of ether oxygens (including phenoxy) is 1. The van der Waals surface area contributed by atoms with Crippen molar-refractivity contribution in [1.82, 2.24) is 4.90 Å². The zero-order valence-corrected chi connectivity index (χ0v) is 12.7. The molecule has 18 heavy (non-hydrogen) atoms. The van der Waals surface area contributed by atoms with Crippen molar-refractivity contribution in [2.24, 2.45) is 11.7 Å². The zero-order valence-electron chi connectivity index (χ0n) is 12.7. The van der Waals surface area contributed by atoms with Crippen LogP contribution in [0.2, 0.25) is 0 Å². The van der Waals surface area contributed by atoms with Gasteiger partial charge >= 0.3 is 0 Å². The molecule has 108 valence electrons. The molecule has 0 aromatic carbocycles. The van der Waals surface area contributed by atoms with Crippen molar-refractivity contribution in [1.29, 1.82) is 0 Å². The first-order chi connectivity index (χ1) is 8.52. The molecule has 1 aliphatic rings. The maximum Gasteiger partial charge on any atom is 0.0638 e. The van der Waals surface area contributed by atoms with E-state index >= 15 is 0 Å². The van der Waals surface area contributed by atoms with Crippen LogP contribution in [0, 0.1) is 5.92 Å². The van der Waals surface area contributed by atoms with E-state index in [0.717, 1.165) is 18.9 Å². The van der Waals surface area contributed by atoms with Crippen LogP contribution in [-0.4, -0.2) is 43.3 Å². The first-order valence-electron chi connectivity index (χ1n) is 7.51. The van der Waals surface area contributed by atoms with E-state index < -0.39 is 0 Å². The summed E-state index contributed by atoms with van der Waals surface area (Å²) in [6, 6.07) is 0.468. The second kappa shape index (κ2) is 7.46. The van der Waals surface area contributed by atoms with Gasteiger partial charge in [-0.2, -0.15) is 0 Å². The van der Waals surface area contributed by atoms with Crippen LogP contribution in [0.15, 0.2) is 0 Å². The molecule has 0 aromatic rings. The van der Waals surface area contributed by atoms with Crippen molar-refractivity contribution < 1.29 is 4.74 Å². The number of nitrogens with zero attached hydrogens (tertiary/aromatic N) is 1. The van der Waals surface area contributed by atoms with E-state index in [9.17, 15) is 0 Å². The first kappa shape index (κ1) is 15.9. The summed E-state index contributed by atoms with van der Waals surface area (Å²) in [4.78, 5) is 2.59. The highest BCUT2D eigenvalue weighted by atomic mass is 16.5. The SMILES string of the molecule is CCC1CCCN(C(CN)CC(C)(C)OC)CC1. The molecule has 0 aromatic heterocycles. The van der Waals surface area contributed by atoms with Crippen molar-refractivity contribution in [2.75, 3.05) is 26.7 Å². The highest BCUT2D eigenvalue weighted by Crippen LogP contribution is 2.24. The molecule has 1 fully saturated rings. The smallest absolute Gasteiger partial charge is 0.0638 e. The molecule has 1 rings (SSSR count). The standard InChI is InChI=1S/C15H32N2O/c1-5-13-7-6-9-17(10-8-13)14(12-16)11-15(2,3)18-4/h13-14H,5-12,16H2,1-4H3. The van der Waals surface area contributed by atoms with E-state index in [1.54, 1.807) is 7.11 Å². The molecule has 0 saturated carbocycles. The fourth-order valence-electron chi connectivity index (χ4n) is 2.97. The first-order valence-corrected chi connectivity index (χ1v) is 7.51. The Labute approximate surface area is 113 Å². The van der Waals surface area contributed by atoms with Gasteiger partial charge in [0.05, 0.1) is 5.60 Å². The molecule has 1 saturated heterocycles. The summed E-state index contributed by atoms with van der Waals surface area (Å²) >= 11 is 0. The summed E-state index contributed by atoms with van der Waals surface area (Å²) in [6.45, 7) is 9.78. The van der Waals surface area contributed by atoms with Gasteiger partial charge in [-0.3, -0.25) is 4.90 Å². The molecule has 0 aliphatic carbocycles. The molecule has 0 radical (unpaired) electrons. The van der Waals surface area contributed by atoms with Crippen molar-refractivity contribution in [3.8, 4) is 0 Å². The quantitative estimate of drug-likeness (QED) is 0.794. The van der Waals surface area contributed by atoms with Crippen molar-refractivity contribution >= 4 is 0 Å². The lowest BCUT2D eigenvalue weighted by atomic mass is 9.97. The topological polar surface area (TPSA) is 38.5 Å². The van der Waals surface area contributed by atoms with Gasteiger partial charge in [-0.05, 0) is 58.5 Å². The fraction of sp³-hybridized carbons (Fsp3) is 1.00. The highest BCUT2D eigenvalue weighted by molar-refractivity contribution is 4.83. The summed E-state index contributed by atoms with van der Waals surface area (Å²) in [6.07, 6.45) is 6.39. The van der Waals surface area contributed by atoms with Crippen LogP contribution in [-0.2, 0) is 4.74 Å². The van der Waals surface area contributed by atoms with E-state index in [1.165, 1.54) is 38.8 Å². The van der Waals surface area contributed by atoms with Gasteiger partial charge in [-0.25, -0.2) is 0 Å². The zero-order chi connectivity index (χ0) is 13.6. The molecule has 0 spiro atoms. The number of hydrogen-bond acceptors (Lipinski definition) is 3. The van der Waals surface area contributed by atoms with Crippen LogP contribution < -0.4 is 5.73 Å². The molecule has 2 unspecified atom stereocenters. The van der Waals surface area contributed by atoms with E-state index in [0.29, 0.717) is 6.04 Å². The maximum absolute atomic E-state index is 5.99. The van der Waals surface area contributed by atoms with E-state index in [-0.39, 0.29) is 5.60 Å². The predicted octanol–water partition coefficient (Wildman–Crippen LogP) is 2.64. The molecular weight excluding hydrogens is 224 g/mol. The Morgan fingerprint density at radius 1 is 1.33 bits per heavy atom. The molecule has 2 N–H and O–H groups in total. The molecule has 0 bridgehead atoms. The van der Waals surface area contributed by atoms with E-state index in [1.807, 2.05) is 0 Å². The number of methoxy groups -OCH3 is 1. The fourth-order valence-corrected chi connectivity index (χ4v) is 2.97. The summed E-state index contributed by atoms with van der Waals surface area (Å²) in [5.74, 6) is 0.920. The summed E-state index contributed by atoms with van der Waals surface area (Å²) in [7, 11) is 1.79. The summed E-state index contributed by atoms with van der Waals surface area (Å²) < 4.78 is 5.55. The average Bonchev–Trinajstić information content (AvgIpc) is 2.61. The van der Waals surface area contributed by atoms with Gasteiger partial charge < -0.3 is 10.5 Å². The number of rotatable bonds is 6. The van der Waals surface area contributed by atoms with Crippen LogP contribution in [0.4, 0.5) is 0 Å². The van der Waals surface area contributed by atoms with Crippen LogP contribution in [0.3, 0.4) is 0 Å². The molecule has 3 nitrogen and oxygen atoms in total. The van der Waals surface area contributed by atoms with Gasteiger partial charge in [0.1, 0.15) is 0 Å². The lowest BCUT2D eigenvalue weighted by Crippen LogP contribution is -2.45. The maximum atomic E-state index is 5.99.